The van der Waals surface area contributed by atoms with Crippen molar-refractivity contribution in [1.82, 2.24) is 9.55 Å². The number of imidazole rings is 1. The molecule has 0 bridgehead atoms. The van der Waals surface area contributed by atoms with E-state index in [0.717, 1.165) is 6.29 Å². The fraction of sp³-hybridized carbons (Fsp3) is 0.167. The van der Waals surface area contributed by atoms with Gasteiger partial charge >= 0.3 is 0 Å². The Balaban J connectivity index is 1.96. The molecule has 17 heavy (non-hydrogen) atoms. The van der Waals surface area contributed by atoms with Crippen molar-refractivity contribution in [2.75, 3.05) is 6.61 Å². The predicted molar refractivity (Wildman–Crippen MR) is 64.6 cm³/mol. The molecule has 0 aliphatic carbocycles. The van der Waals surface area contributed by atoms with Crippen molar-refractivity contribution in [1.29, 1.82) is 0 Å². The third-order valence-electron chi connectivity index (χ3n) is 2.27. The molecule has 1 heterocycles. The largest absolute Gasteiger partial charge is 0.491 e. The molecule has 4 nitrogen and oxygen atoms in total. The number of aromatic nitrogens is 2. The van der Waals surface area contributed by atoms with Crippen LogP contribution in [-0.2, 0) is 6.54 Å². The molecule has 0 radical (unpaired) electrons. The summed E-state index contributed by atoms with van der Waals surface area (Å²) in [5, 5.41) is 0.522. The Morgan fingerprint density at radius 1 is 1.47 bits per heavy atom. The molecule has 0 fully saturated rings. The molecule has 2 rings (SSSR count). The third-order valence-corrected chi connectivity index (χ3v) is 2.50. The van der Waals surface area contributed by atoms with Crippen molar-refractivity contribution in [3.05, 3.63) is 47.5 Å². The molecule has 1 aromatic carbocycles. The Bertz CT molecular complexity index is 497. The van der Waals surface area contributed by atoms with Gasteiger partial charge in [0, 0.05) is 17.4 Å². The quantitative estimate of drug-likeness (QED) is 0.766. The summed E-state index contributed by atoms with van der Waals surface area (Å²) in [5.41, 5.74) is 0.461. The molecule has 0 amide bonds. The molecule has 5 heteroatoms. The van der Waals surface area contributed by atoms with E-state index in [-0.39, 0.29) is 0 Å². The number of ether oxygens (including phenoxy) is 1. The molecule has 0 spiro atoms. The van der Waals surface area contributed by atoms with Gasteiger partial charge in [0.2, 0.25) is 0 Å². The van der Waals surface area contributed by atoms with Gasteiger partial charge < -0.3 is 9.30 Å². The van der Waals surface area contributed by atoms with Gasteiger partial charge in [-0.2, -0.15) is 0 Å². The number of carbonyl (C=O) groups excluding carboxylic acids is 1. The van der Waals surface area contributed by atoms with Gasteiger partial charge in [-0.25, -0.2) is 4.98 Å². The van der Waals surface area contributed by atoms with Crippen LogP contribution in [0.15, 0.2) is 36.9 Å². The van der Waals surface area contributed by atoms with Crippen molar-refractivity contribution >= 4 is 17.9 Å². The number of rotatable bonds is 5. The van der Waals surface area contributed by atoms with Crippen LogP contribution in [0.2, 0.25) is 5.02 Å². The number of hydrogen-bond acceptors (Lipinski definition) is 3. The Morgan fingerprint density at radius 3 is 3.06 bits per heavy atom. The van der Waals surface area contributed by atoms with E-state index >= 15 is 0 Å². The summed E-state index contributed by atoms with van der Waals surface area (Å²) in [5.74, 6) is 0.546. The Morgan fingerprint density at radius 2 is 2.35 bits per heavy atom. The molecule has 0 N–H and O–H groups in total. The van der Waals surface area contributed by atoms with Crippen LogP contribution < -0.4 is 4.74 Å². The van der Waals surface area contributed by atoms with Crippen molar-refractivity contribution < 1.29 is 9.53 Å². The number of carbonyl (C=O) groups is 1. The molecule has 0 atom stereocenters. The number of halogens is 1. The van der Waals surface area contributed by atoms with Crippen LogP contribution in [0, 0.1) is 0 Å². The summed E-state index contributed by atoms with van der Waals surface area (Å²) in [7, 11) is 0. The molecular formula is C12H11ClN2O2. The standard InChI is InChI=1S/C12H11ClN2O2/c13-11-1-2-12(10(7-11)8-16)17-6-5-15-4-3-14-9-15/h1-4,7-9H,5-6H2. The highest BCUT2D eigenvalue weighted by Crippen LogP contribution is 2.21. The maximum atomic E-state index is 10.8. The minimum Gasteiger partial charge on any atom is -0.491 e. The first-order valence-electron chi connectivity index (χ1n) is 5.13. The Labute approximate surface area is 104 Å². The zero-order valence-corrected chi connectivity index (χ0v) is 9.80. The van der Waals surface area contributed by atoms with Gasteiger partial charge in [0.15, 0.2) is 6.29 Å². The van der Waals surface area contributed by atoms with E-state index in [4.69, 9.17) is 16.3 Å². The lowest BCUT2D eigenvalue weighted by molar-refractivity contribution is 0.111. The van der Waals surface area contributed by atoms with Gasteiger partial charge in [0.1, 0.15) is 12.4 Å². The molecule has 0 saturated carbocycles. The average molecular weight is 251 g/mol. The van der Waals surface area contributed by atoms with Crippen LogP contribution >= 0.6 is 11.6 Å². The van der Waals surface area contributed by atoms with Crippen LogP contribution in [0.5, 0.6) is 5.75 Å². The SMILES string of the molecule is O=Cc1cc(Cl)ccc1OCCn1ccnc1. The zero-order chi connectivity index (χ0) is 12.1. The van der Waals surface area contributed by atoms with Crippen LogP contribution in [0.25, 0.3) is 0 Å². The molecular weight excluding hydrogens is 240 g/mol. The van der Waals surface area contributed by atoms with Crippen LogP contribution in [0.3, 0.4) is 0 Å². The topological polar surface area (TPSA) is 44.1 Å². The minimum atomic E-state index is 0.461. The summed E-state index contributed by atoms with van der Waals surface area (Å²) in [4.78, 5) is 14.7. The van der Waals surface area contributed by atoms with Crippen LogP contribution in [-0.4, -0.2) is 22.4 Å². The van der Waals surface area contributed by atoms with Crippen molar-refractivity contribution in [3.8, 4) is 5.75 Å². The van der Waals surface area contributed by atoms with E-state index in [9.17, 15) is 4.79 Å². The molecule has 2 aromatic rings. The van der Waals surface area contributed by atoms with E-state index in [1.54, 1.807) is 30.7 Å². The summed E-state index contributed by atoms with van der Waals surface area (Å²) in [6, 6.07) is 4.97. The zero-order valence-electron chi connectivity index (χ0n) is 9.04. The normalized spacial score (nSPS) is 10.2. The first-order chi connectivity index (χ1) is 8.29. The number of benzene rings is 1. The molecule has 0 unspecified atom stereocenters. The Hall–Kier alpha value is -1.81. The smallest absolute Gasteiger partial charge is 0.153 e. The van der Waals surface area contributed by atoms with Gasteiger partial charge in [-0.15, -0.1) is 0 Å². The number of nitrogens with zero attached hydrogens (tertiary/aromatic N) is 2. The second kappa shape index (κ2) is 5.50. The van der Waals surface area contributed by atoms with Crippen molar-refractivity contribution in [3.63, 3.8) is 0 Å². The second-order valence-electron chi connectivity index (χ2n) is 3.45. The first kappa shape index (κ1) is 11.7. The van der Waals surface area contributed by atoms with Crippen LogP contribution in [0.1, 0.15) is 10.4 Å². The van der Waals surface area contributed by atoms with Crippen molar-refractivity contribution in [2.45, 2.75) is 6.54 Å². The third kappa shape index (κ3) is 3.07. The maximum Gasteiger partial charge on any atom is 0.153 e. The minimum absolute atomic E-state index is 0.461. The van der Waals surface area contributed by atoms with E-state index in [2.05, 4.69) is 4.98 Å². The Kier molecular flexibility index (Phi) is 3.77. The predicted octanol–water partition coefficient (Wildman–Crippen LogP) is 2.43. The van der Waals surface area contributed by atoms with Gasteiger partial charge in [-0.05, 0) is 18.2 Å². The van der Waals surface area contributed by atoms with Crippen molar-refractivity contribution in [2.24, 2.45) is 0 Å². The highest BCUT2D eigenvalue weighted by Gasteiger charge is 2.03. The molecule has 1 aromatic heterocycles. The monoisotopic (exact) mass is 250 g/mol. The maximum absolute atomic E-state index is 10.8. The number of hydrogen-bond donors (Lipinski definition) is 0. The average Bonchev–Trinajstić information content (AvgIpc) is 2.84. The van der Waals surface area contributed by atoms with Gasteiger partial charge in [-0.1, -0.05) is 11.6 Å². The van der Waals surface area contributed by atoms with E-state index in [0.29, 0.717) is 29.5 Å². The lowest BCUT2D eigenvalue weighted by Crippen LogP contribution is -2.07. The fourth-order valence-corrected chi connectivity index (χ4v) is 1.60. The summed E-state index contributed by atoms with van der Waals surface area (Å²) in [6.45, 7) is 1.15. The van der Waals surface area contributed by atoms with Gasteiger partial charge in [0.05, 0.1) is 18.4 Å². The van der Waals surface area contributed by atoms with E-state index < -0.39 is 0 Å². The lowest BCUT2D eigenvalue weighted by Gasteiger charge is -2.08. The first-order valence-corrected chi connectivity index (χ1v) is 5.50. The molecule has 0 aliphatic rings. The highest BCUT2D eigenvalue weighted by atomic mass is 35.5. The van der Waals surface area contributed by atoms with Gasteiger partial charge in [-0.3, -0.25) is 4.79 Å². The highest BCUT2D eigenvalue weighted by molar-refractivity contribution is 6.30. The molecule has 88 valence electrons. The summed E-state index contributed by atoms with van der Waals surface area (Å²) < 4.78 is 7.42. The second-order valence-corrected chi connectivity index (χ2v) is 3.89. The number of aldehydes is 1. The summed E-state index contributed by atoms with van der Waals surface area (Å²) >= 11 is 5.78. The van der Waals surface area contributed by atoms with Crippen LogP contribution in [0.4, 0.5) is 0 Å². The van der Waals surface area contributed by atoms with E-state index in [1.807, 2.05) is 10.8 Å². The lowest BCUT2D eigenvalue weighted by atomic mass is 10.2. The molecule has 0 saturated heterocycles. The van der Waals surface area contributed by atoms with E-state index in [1.165, 1.54) is 0 Å². The molecule has 0 aliphatic heterocycles. The van der Waals surface area contributed by atoms with Gasteiger partial charge in [0.25, 0.3) is 0 Å². The fourth-order valence-electron chi connectivity index (χ4n) is 1.42. The summed E-state index contributed by atoms with van der Waals surface area (Å²) in [6.07, 6.45) is 6.01.